The molecular weight excluding hydrogens is 276 g/mol. The van der Waals surface area contributed by atoms with Crippen LogP contribution in [0, 0.1) is 6.92 Å². The van der Waals surface area contributed by atoms with Gasteiger partial charge in [0.15, 0.2) is 10.8 Å². The lowest BCUT2D eigenvalue weighted by molar-refractivity contribution is 0.0594. The third kappa shape index (κ3) is 2.56. The second kappa shape index (κ2) is 5.28. The highest BCUT2D eigenvalue weighted by molar-refractivity contribution is 7.15. The topological polar surface area (TPSA) is 55.6 Å². The summed E-state index contributed by atoms with van der Waals surface area (Å²) in [4.78, 5) is 19.2. The highest BCUT2D eigenvalue weighted by Crippen LogP contribution is 2.36. The SMILES string of the molecule is COC(=O)c1nc(N(Cc2ccco2)C2CC2)sc1C. The van der Waals surface area contributed by atoms with Crippen molar-refractivity contribution in [1.29, 1.82) is 0 Å². The smallest absolute Gasteiger partial charge is 0.357 e. The summed E-state index contributed by atoms with van der Waals surface area (Å²) in [5, 5.41) is 0.863. The number of thiazole rings is 1. The highest BCUT2D eigenvalue weighted by atomic mass is 32.1. The lowest BCUT2D eigenvalue weighted by Crippen LogP contribution is -2.24. The Morgan fingerprint density at radius 3 is 3.00 bits per heavy atom. The number of hydrogen-bond acceptors (Lipinski definition) is 6. The van der Waals surface area contributed by atoms with Gasteiger partial charge in [-0.2, -0.15) is 0 Å². The average Bonchev–Trinajstić information content (AvgIpc) is 3.01. The number of nitrogens with zero attached hydrogens (tertiary/aromatic N) is 2. The first-order chi connectivity index (χ1) is 9.69. The van der Waals surface area contributed by atoms with Gasteiger partial charge in [-0.15, -0.1) is 11.3 Å². The summed E-state index contributed by atoms with van der Waals surface area (Å²) in [6.45, 7) is 2.58. The molecule has 0 atom stereocenters. The van der Waals surface area contributed by atoms with E-state index in [1.165, 1.54) is 18.4 Å². The van der Waals surface area contributed by atoms with Crippen LogP contribution < -0.4 is 4.90 Å². The van der Waals surface area contributed by atoms with Crippen molar-refractivity contribution in [2.24, 2.45) is 0 Å². The van der Waals surface area contributed by atoms with Crippen LogP contribution in [0.25, 0.3) is 0 Å². The molecule has 5 nitrogen and oxygen atoms in total. The standard InChI is InChI=1S/C14H16N2O3S/c1-9-12(13(17)18-2)15-14(20-9)16(10-5-6-10)8-11-4-3-7-19-11/h3-4,7,10H,5-6,8H2,1-2H3. The number of esters is 1. The fraction of sp³-hybridized carbons (Fsp3) is 0.429. The summed E-state index contributed by atoms with van der Waals surface area (Å²) >= 11 is 1.53. The predicted octanol–water partition coefficient (Wildman–Crippen LogP) is 3.00. The molecule has 2 aromatic heterocycles. The second-order valence-electron chi connectivity index (χ2n) is 4.83. The molecule has 0 bridgehead atoms. The van der Waals surface area contributed by atoms with Gasteiger partial charge < -0.3 is 14.1 Å². The Kier molecular flexibility index (Phi) is 3.48. The molecule has 2 aromatic rings. The number of carbonyl (C=O) groups excluding carboxylic acids is 1. The molecule has 1 aliphatic rings. The van der Waals surface area contributed by atoms with E-state index in [-0.39, 0.29) is 5.97 Å². The van der Waals surface area contributed by atoms with Gasteiger partial charge in [0.05, 0.1) is 19.9 Å². The molecular formula is C14H16N2O3S. The van der Waals surface area contributed by atoms with Crippen LogP contribution in [0.5, 0.6) is 0 Å². The Bertz CT molecular complexity index is 602. The third-order valence-corrected chi connectivity index (χ3v) is 4.31. The maximum Gasteiger partial charge on any atom is 0.357 e. The normalized spacial score (nSPS) is 14.3. The van der Waals surface area contributed by atoms with E-state index in [0.29, 0.717) is 18.3 Å². The summed E-state index contributed by atoms with van der Waals surface area (Å²) in [6, 6.07) is 4.33. The number of anilines is 1. The van der Waals surface area contributed by atoms with Crippen LogP contribution in [0.3, 0.4) is 0 Å². The van der Waals surface area contributed by atoms with Crippen LogP contribution >= 0.6 is 11.3 Å². The summed E-state index contributed by atoms with van der Waals surface area (Å²) in [6.07, 6.45) is 3.99. The molecule has 1 saturated carbocycles. The molecule has 0 spiro atoms. The van der Waals surface area contributed by atoms with E-state index in [4.69, 9.17) is 9.15 Å². The van der Waals surface area contributed by atoms with E-state index in [2.05, 4.69) is 9.88 Å². The number of furan rings is 1. The molecule has 6 heteroatoms. The first-order valence-corrected chi connectivity index (χ1v) is 7.35. The van der Waals surface area contributed by atoms with E-state index in [0.717, 1.165) is 28.6 Å². The average molecular weight is 292 g/mol. The number of rotatable bonds is 5. The van der Waals surface area contributed by atoms with Crippen LogP contribution in [-0.2, 0) is 11.3 Å². The second-order valence-corrected chi connectivity index (χ2v) is 6.01. The molecule has 1 fully saturated rings. The molecule has 20 heavy (non-hydrogen) atoms. The van der Waals surface area contributed by atoms with Gasteiger partial charge in [0, 0.05) is 10.9 Å². The third-order valence-electron chi connectivity index (χ3n) is 3.30. The Balaban J connectivity index is 1.86. The van der Waals surface area contributed by atoms with Crippen molar-refractivity contribution in [3.8, 4) is 0 Å². The Morgan fingerprint density at radius 1 is 1.60 bits per heavy atom. The van der Waals surface area contributed by atoms with Crippen LogP contribution in [0.1, 0.15) is 34.0 Å². The lowest BCUT2D eigenvalue weighted by atomic mass is 10.4. The largest absolute Gasteiger partial charge is 0.467 e. The zero-order chi connectivity index (χ0) is 14.1. The van der Waals surface area contributed by atoms with Crippen molar-refractivity contribution in [1.82, 2.24) is 4.98 Å². The predicted molar refractivity (Wildman–Crippen MR) is 76.1 cm³/mol. The summed E-state index contributed by atoms with van der Waals surface area (Å²) in [7, 11) is 1.38. The van der Waals surface area contributed by atoms with Gasteiger partial charge in [-0.05, 0) is 31.9 Å². The van der Waals surface area contributed by atoms with Crippen molar-refractivity contribution in [3.63, 3.8) is 0 Å². The van der Waals surface area contributed by atoms with E-state index < -0.39 is 0 Å². The summed E-state index contributed by atoms with van der Waals surface area (Å²) in [5.74, 6) is 0.531. The molecule has 0 saturated heterocycles. The van der Waals surface area contributed by atoms with Crippen LogP contribution in [0.2, 0.25) is 0 Å². The quantitative estimate of drug-likeness (QED) is 0.793. The highest BCUT2D eigenvalue weighted by Gasteiger charge is 2.32. The van der Waals surface area contributed by atoms with Gasteiger partial charge in [-0.1, -0.05) is 0 Å². The van der Waals surface area contributed by atoms with Crippen LogP contribution in [0.15, 0.2) is 22.8 Å². The number of aromatic nitrogens is 1. The first-order valence-electron chi connectivity index (χ1n) is 6.54. The molecule has 1 aliphatic carbocycles. The monoisotopic (exact) mass is 292 g/mol. The Labute approximate surface area is 121 Å². The van der Waals surface area contributed by atoms with E-state index >= 15 is 0 Å². The Hall–Kier alpha value is -1.82. The molecule has 0 aliphatic heterocycles. The fourth-order valence-electron chi connectivity index (χ4n) is 2.10. The summed E-state index contributed by atoms with van der Waals surface area (Å²) in [5.41, 5.74) is 0.414. The fourth-order valence-corrected chi connectivity index (χ4v) is 3.07. The van der Waals surface area contributed by atoms with Crippen molar-refractivity contribution in [2.75, 3.05) is 12.0 Å². The van der Waals surface area contributed by atoms with Crippen molar-refractivity contribution < 1.29 is 13.9 Å². The van der Waals surface area contributed by atoms with Gasteiger partial charge >= 0.3 is 5.97 Å². The van der Waals surface area contributed by atoms with Gasteiger partial charge in [0.25, 0.3) is 0 Å². The van der Waals surface area contributed by atoms with Crippen molar-refractivity contribution >= 4 is 22.4 Å². The maximum absolute atomic E-state index is 11.7. The lowest BCUT2D eigenvalue weighted by Gasteiger charge is -2.19. The molecule has 0 radical (unpaired) electrons. The summed E-state index contributed by atoms with van der Waals surface area (Å²) < 4.78 is 10.2. The van der Waals surface area contributed by atoms with E-state index in [9.17, 15) is 4.79 Å². The van der Waals surface area contributed by atoms with Gasteiger partial charge in [-0.3, -0.25) is 0 Å². The first kappa shape index (κ1) is 13.2. The molecule has 106 valence electrons. The molecule has 0 N–H and O–H groups in total. The van der Waals surface area contributed by atoms with E-state index in [1.54, 1.807) is 6.26 Å². The van der Waals surface area contributed by atoms with Gasteiger partial charge in [0.1, 0.15) is 5.76 Å². The minimum absolute atomic E-state index is 0.376. The number of ether oxygens (including phenoxy) is 1. The zero-order valence-electron chi connectivity index (χ0n) is 11.5. The van der Waals surface area contributed by atoms with Crippen molar-refractivity contribution in [2.45, 2.75) is 32.4 Å². The number of methoxy groups -OCH3 is 1. The number of carbonyl (C=O) groups is 1. The van der Waals surface area contributed by atoms with Gasteiger partial charge in [-0.25, -0.2) is 9.78 Å². The zero-order valence-corrected chi connectivity index (χ0v) is 12.3. The number of hydrogen-bond donors (Lipinski definition) is 0. The van der Waals surface area contributed by atoms with Crippen molar-refractivity contribution in [3.05, 3.63) is 34.7 Å². The van der Waals surface area contributed by atoms with E-state index in [1.807, 2.05) is 19.1 Å². The molecule has 0 unspecified atom stereocenters. The van der Waals surface area contributed by atoms with Crippen LogP contribution in [0.4, 0.5) is 5.13 Å². The minimum atomic E-state index is -0.376. The number of aryl methyl sites for hydroxylation is 1. The van der Waals surface area contributed by atoms with Gasteiger partial charge in [0.2, 0.25) is 0 Å². The maximum atomic E-state index is 11.7. The minimum Gasteiger partial charge on any atom is -0.467 e. The Morgan fingerprint density at radius 2 is 2.40 bits per heavy atom. The van der Waals surface area contributed by atoms with Crippen LogP contribution in [-0.4, -0.2) is 24.1 Å². The molecule has 0 amide bonds. The molecule has 0 aromatic carbocycles. The molecule has 3 rings (SSSR count). The molecule has 2 heterocycles.